The molecule has 2 amide bonds. The van der Waals surface area contributed by atoms with Gasteiger partial charge in [0, 0.05) is 18.3 Å². The summed E-state index contributed by atoms with van der Waals surface area (Å²) in [5, 5.41) is 11.8. The topological polar surface area (TPSA) is 69.6 Å². The second-order valence-corrected chi connectivity index (χ2v) is 5.80. The van der Waals surface area contributed by atoms with Crippen LogP contribution in [0.3, 0.4) is 0 Å². The van der Waals surface area contributed by atoms with E-state index in [-0.39, 0.29) is 18.5 Å². The Morgan fingerprint density at radius 1 is 1.43 bits per heavy atom. The highest BCUT2D eigenvalue weighted by molar-refractivity contribution is 5.90. The van der Waals surface area contributed by atoms with E-state index in [9.17, 15) is 9.59 Å². The van der Waals surface area contributed by atoms with Gasteiger partial charge in [-0.25, -0.2) is 4.79 Å². The molecule has 1 aromatic rings. The zero-order valence-electron chi connectivity index (χ0n) is 12.5. The summed E-state index contributed by atoms with van der Waals surface area (Å²) in [5.74, 6) is -0.463. The Kier molecular flexibility index (Phi) is 4.83. The van der Waals surface area contributed by atoms with Crippen LogP contribution >= 0.6 is 0 Å². The Balaban J connectivity index is 2.03. The predicted molar refractivity (Wildman–Crippen MR) is 81.5 cm³/mol. The lowest BCUT2D eigenvalue weighted by molar-refractivity contribution is -0.137. The largest absolute Gasteiger partial charge is 0.481 e. The number of carboxylic acid groups (broad SMARTS) is 1. The third kappa shape index (κ3) is 3.97. The Labute approximate surface area is 125 Å². The van der Waals surface area contributed by atoms with Crippen molar-refractivity contribution in [1.82, 2.24) is 4.90 Å². The van der Waals surface area contributed by atoms with E-state index in [1.165, 1.54) is 0 Å². The number of amides is 2. The molecule has 1 atom stereocenters. The second kappa shape index (κ2) is 6.61. The van der Waals surface area contributed by atoms with Gasteiger partial charge in [0.25, 0.3) is 0 Å². The molecule has 5 nitrogen and oxygen atoms in total. The first kappa shape index (κ1) is 15.4. The smallest absolute Gasteiger partial charge is 0.322 e. The monoisotopic (exact) mass is 290 g/mol. The van der Waals surface area contributed by atoms with Gasteiger partial charge in [-0.2, -0.15) is 0 Å². The lowest BCUT2D eigenvalue weighted by Crippen LogP contribution is -2.39. The van der Waals surface area contributed by atoms with Crippen LogP contribution in [0.1, 0.15) is 44.6 Å². The maximum atomic E-state index is 12.3. The van der Waals surface area contributed by atoms with Crippen LogP contribution in [-0.2, 0) is 4.79 Å². The predicted octanol–water partition coefficient (Wildman–Crippen LogP) is 3.28. The molecule has 1 aliphatic rings. The van der Waals surface area contributed by atoms with Crippen molar-refractivity contribution in [3.8, 4) is 0 Å². The fourth-order valence-corrected chi connectivity index (χ4v) is 2.69. The summed E-state index contributed by atoms with van der Waals surface area (Å²) in [4.78, 5) is 24.8. The van der Waals surface area contributed by atoms with E-state index in [1.54, 1.807) is 4.90 Å². The molecule has 0 spiro atoms. The number of rotatable bonds is 4. The van der Waals surface area contributed by atoms with Crippen molar-refractivity contribution in [3.63, 3.8) is 0 Å². The highest BCUT2D eigenvalue weighted by atomic mass is 16.4. The second-order valence-electron chi connectivity index (χ2n) is 5.80. The summed E-state index contributed by atoms with van der Waals surface area (Å²) in [6.07, 6.45) is 1.63. The zero-order valence-corrected chi connectivity index (χ0v) is 12.5. The molecule has 1 heterocycles. The Hall–Kier alpha value is -2.04. The van der Waals surface area contributed by atoms with Gasteiger partial charge in [-0.1, -0.05) is 26.0 Å². The number of hydrogen-bond acceptors (Lipinski definition) is 2. The number of carbonyl (C=O) groups is 2. The number of carbonyl (C=O) groups excluding carboxylic acids is 1. The molecule has 1 saturated heterocycles. The maximum Gasteiger partial charge on any atom is 0.322 e. The quantitative estimate of drug-likeness (QED) is 0.894. The number of anilines is 1. The van der Waals surface area contributed by atoms with Gasteiger partial charge in [0.2, 0.25) is 0 Å². The summed E-state index contributed by atoms with van der Waals surface area (Å²) < 4.78 is 0. The number of benzene rings is 1. The van der Waals surface area contributed by atoms with E-state index in [0.29, 0.717) is 12.5 Å². The number of aliphatic carboxylic acids is 1. The van der Waals surface area contributed by atoms with E-state index >= 15 is 0 Å². The van der Waals surface area contributed by atoms with Gasteiger partial charge in [-0.05, 0) is 36.5 Å². The van der Waals surface area contributed by atoms with Crippen LogP contribution in [0.15, 0.2) is 24.3 Å². The molecule has 0 saturated carbocycles. The summed E-state index contributed by atoms with van der Waals surface area (Å²) in [7, 11) is 0. The molecular formula is C16H22N2O3. The van der Waals surface area contributed by atoms with Crippen LogP contribution in [0.2, 0.25) is 0 Å². The fourth-order valence-electron chi connectivity index (χ4n) is 2.69. The Morgan fingerprint density at radius 2 is 2.19 bits per heavy atom. The van der Waals surface area contributed by atoms with Crippen molar-refractivity contribution in [2.45, 2.75) is 45.1 Å². The molecule has 0 aliphatic carbocycles. The van der Waals surface area contributed by atoms with E-state index < -0.39 is 5.97 Å². The van der Waals surface area contributed by atoms with Crippen molar-refractivity contribution >= 4 is 17.7 Å². The minimum Gasteiger partial charge on any atom is -0.481 e. The molecule has 114 valence electrons. The van der Waals surface area contributed by atoms with Gasteiger partial charge in [0.05, 0.1) is 6.42 Å². The van der Waals surface area contributed by atoms with Crippen LogP contribution in [-0.4, -0.2) is 34.6 Å². The number of nitrogens with one attached hydrogen (secondary N) is 1. The normalized spacial score (nSPS) is 18.0. The molecule has 0 radical (unpaired) electrons. The first-order valence-electron chi connectivity index (χ1n) is 7.36. The maximum absolute atomic E-state index is 12.3. The summed E-state index contributed by atoms with van der Waals surface area (Å²) >= 11 is 0. The Bertz CT molecular complexity index is 528. The van der Waals surface area contributed by atoms with E-state index in [0.717, 1.165) is 24.1 Å². The van der Waals surface area contributed by atoms with Gasteiger partial charge in [-0.3, -0.25) is 4.79 Å². The van der Waals surface area contributed by atoms with Crippen molar-refractivity contribution < 1.29 is 14.7 Å². The van der Waals surface area contributed by atoms with E-state index in [4.69, 9.17) is 5.11 Å². The number of nitrogens with zero attached hydrogens (tertiary/aromatic N) is 1. The summed E-state index contributed by atoms with van der Waals surface area (Å²) in [6, 6.07) is 7.36. The molecular weight excluding hydrogens is 268 g/mol. The number of hydrogen-bond donors (Lipinski definition) is 2. The third-order valence-electron chi connectivity index (χ3n) is 3.85. The Morgan fingerprint density at radius 3 is 2.86 bits per heavy atom. The van der Waals surface area contributed by atoms with Crippen molar-refractivity contribution in [1.29, 1.82) is 0 Å². The molecule has 0 aromatic heterocycles. The molecule has 1 aromatic carbocycles. The standard InChI is InChI=1S/C16H22N2O3/c1-11(2)12-5-3-6-13(9-12)17-16(21)18-8-4-7-14(18)10-15(19)20/h3,5-6,9,11,14H,4,7-8,10H2,1-2H3,(H,17,21)(H,19,20). The summed E-state index contributed by atoms with van der Waals surface area (Å²) in [6.45, 7) is 4.82. The zero-order chi connectivity index (χ0) is 15.4. The van der Waals surface area contributed by atoms with Crippen molar-refractivity contribution in [2.75, 3.05) is 11.9 Å². The van der Waals surface area contributed by atoms with Gasteiger partial charge in [-0.15, -0.1) is 0 Å². The van der Waals surface area contributed by atoms with Gasteiger partial charge in [0.15, 0.2) is 0 Å². The average Bonchev–Trinajstić information content (AvgIpc) is 2.86. The molecule has 5 heteroatoms. The highest BCUT2D eigenvalue weighted by Gasteiger charge is 2.30. The molecule has 1 aliphatic heterocycles. The van der Waals surface area contributed by atoms with Crippen LogP contribution in [0, 0.1) is 0 Å². The van der Waals surface area contributed by atoms with Crippen molar-refractivity contribution in [3.05, 3.63) is 29.8 Å². The lowest BCUT2D eigenvalue weighted by Gasteiger charge is -2.24. The fraction of sp³-hybridized carbons (Fsp3) is 0.500. The molecule has 2 rings (SSSR count). The van der Waals surface area contributed by atoms with Crippen LogP contribution in [0.4, 0.5) is 10.5 Å². The molecule has 21 heavy (non-hydrogen) atoms. The van der Waals surface area contributed by atoms with Gasteiger partial charge >= 0.3 is 12.0 Å². The highest BCUT2D eigenvalue weighted by Crippen LogP contribution is 2.23. The summed E-state index contributed by atoms with van der Waals surface area (Å²) in [5.41, 5.74) is 1.92. The average molecular weight is 290 g/mol. The minimum absolute atomic E-state index is 0.0133. The van der Waals surface area contributed by atoms with E-state index in [1.807, 2.05) is 24.3 Å². The number of urea groups is 1. The number of likely N-dealkylation sites (tertiary alicyclic amines) is 1. The van der Waals surface area contributed by atoms with Crippen molar-refractivity contribution in [2.24, 2.45) is 0 Å². The molecule has 1 unspecified atom stereocenters. The first-order valence-corrected chi connectivity index (χ1v) is 7.36. The third-order valence-corrected chi connectivity index (χ3v) is 3.85. The minimum atomic E-state index is -0.860. The first-order chi connectivity index (χ1) is 9.97. The molecule has 0 bridgehead atoms. The number of carboxylic acids is 1. The lowest BCUT2D eigenvalue weighted by atomic mass is 10.0. The van der Waals surface area contributed by atoms with Crippen LogP contribution in [0.25, 0.3) is 0 Å². The van der Waals surface area contributed by atoms with Crippen LogP contribution < -0.4 is 5.32 Å². The SMILES string of the molecule is CC(C)c1cccc(NC(=O)N2CCCC2CC(=O)O)c1. The van der Waals surface area contributed by atoms with Gasteiger partial charge < -0.3 is 15.3 Å². The molecule has 2 N–H and O–H groups in total. The van der Waals surface area contributed by atoms with Crippen LogP contribution in [0.5, 0.6) is 0 Å². The van der Waals surface area contributed by atoms with Gasteiger partial charge in [0.1, 0.15) is 0 Å². The van der Waals surface area contributed by atoms with E-state index in [2.05, 4.69) is 19.2 Å². The molecule has 1 fully saturated rings.